The van der Waals surface area contributed by atoms with Crippen LogP contribution in [0.2, 0.25) is 0 Å². The van der Waals surface area contributed by atoms with Crippen molar-refractivity contribution >= 4 is 0 Å². The second-order valence-electron chi connectivity index (χ2n) is 5.88. The predicted molar refractivity (Wildman–Crippen MR) is 85.7 cm³/mol. The predicted octanol–water partition coefficient (Wildman–Crippen LogP) is 1.79. The summed E-state index contributed by atoms with van der Waals surface area (Å²) in [6.45, 7) is 2.50. The molecule has 0 aliphatic carbocycles. The van der Waals surface area contributed by atoms with Crippen LogP contribution in [-0.2, 0) is 9.47 Å². The van der Waals surface area contributed by atoms with Gasteiger partial charge in [-0.15, -0.1) is 0 Å². The quantitative estimate of drug-likeness (QED) is 0.400. The average molecular weight is 316 g/mol. The van der Waals surface area contributed by atoms with E-state index in [1.807, 2.05) is 0 Å². The largest absolute Gasteiger partial charge is 0.394 e. The lowest BCUT2D eigenvalue weighted by Crippen LogP contribution is -2.55. The van der Waals surface area contributed by atoms with Crippen LogP contribution in [0, 0.1) is 0 Å². The van der Waals surface area contributed by atoms with Crippen LogP contribution in [0.1, 0.15) is 51.9 Å². The van der Waals surface area contributed by atoms with E-state index in [1.165, 1.54) is 19.3 Å². The van der Waals surface area contributed by atoms with Crippen molar-refractivity contribution in [3.05, 3.63) is 12.2 Å². The van der Waals surface area contributed by atoms with E-state index >= 15 is 0 Å². The van der Waals surface area contributed by atoms with Crippen LogP contribution in [-0.4, -0.2) is 59.6 Å². The van der Waals surface area contributed by atoms with E-state index in [0.29, 0.717) is 6.61 Å². The second kappa shape index (κ2) is 12.0. The molecule has 0 spiro atoms. The van der Waals surface area contributed by atoms with Gasteiger partial charge < -0.3 is 24.8 Å². The topological polar surface area (TPSA) is 79.2 Å². The zero-order chi connectivity index (χ0) is 16.2. The molecule has 0 aromatic carbocycles. The lowest BCUT2D eigenvalue weighted by atomic mass is 10.0. The first-order valence-corrected chi connectivity index (χ1v) is 8.55. The van der Waals surface area contributed by atoms with Gasteiger partial charge in [0.05, 0.1) is 13.2 Å². The number of hydrogen-bond acceptors (Lipinski definition) is 5. The van der Waals surface area contributed by atoms with Crippen molar-refractivity contribution in [3.8, 4) is 0 Å². The summed E-state index contributed by atoms with van der Waals surface area (Å²) >= 11 is 0. The minimum atomic E-state index is -0.973. The Bertz CT molecular complexity index is 295. The number of ether oxygens (including phenoxy) is 2. The summed E-state index contributed by atoms with van der Waals surface area (Å²) in [4.78, 5) is 0. The smallest absolute Gasteiger partial charge is 0.114 e. The third-order valence-electron chi connectivity index (χ3n) is 3.99. The fraction of sp³-hybridized carbons (Fsp3) is 0.882. The third kappa shape index (κ3) is 7.20. The molecular formula is C17H32O5. The molecule has 0 aromatic rings. The van der Waals surface area contributed by atoms with Crippen LogP contribution >= 0.6 is 0 Å². The molecule has 3 N–H and O–H groups in total. The summed E-state index contributed by atoms with van der Waals surface area (Å²) in [6, 6.07) is 0. The van der Waals surface area contributed by atoms with Gasteiger partial charge in [-0.25, -0.2) is 0 Å². The molecule has 1 aliphatic heterocycles. The summed E-state index contributed by atoms with van der Waals surface area (Å²) in [5.41, 5.74) is 0. The molecule has 0 amide bonds. The Morgan fingerprint density at radius 3 is 2.55 bits per heavy atom. The highest BCUT2D eigenvalue weighted by Crippen LogP contribution is 2.19. The molecule has 0 unspecified atom stereocenters. The van der Waals surface area contributed by atoms with Gasteiger partial charge in [0.15, 0.2) is 0 Å². The molecule has 1 saturated heterocycles. The molecular weight excluding hydrogens is 284 g/mol. The standard InChI is InChI=1S/C17H32O5/c1-2-3-4-5-6-7-8-9-10-11-21-17-14(19)13-22-15(12-18)16(17)20/h3-4,14-20H,2,5-13H2,1H3/b4-3+/t14-,15+,16+,17+/m0/s1. The zero-order valence-corrected chi connectivity index (χ0v) is 13.7. The number of allylic oxidation sites excluding steroid dienone is 2. The maximum absolute atomic E-state index is 9.97. The van der Waals surface area contributed by atoms with Crippen molar-refractivity contribution < 1.29 is 24.8 Å². The van der Waals surface area contributed by atoms with Gasteiger partial charge in [0.1, 0.15) is 24.4 Å². The minimum absolute atomic E-state index is 0.0955. The van der Waals surface area contributed by atoms with E-state index < -0.39 is 24.4 Å². The van der Waals surface area contributed by atoms with E-state index in [4.69, 9.17) is 14.6 Å². The lowest BCUT2D eigenvalue weighted by molar-refractivity contribution is -0.210. The van der Waals surface area contributed by atoms with E-state index in [1.54, 1.807) is 0 Å². The van der Waals surface area contributed by atoms with Crippen molar-refractivity contribution in [2.24, 2.45) is 0 Å². The second-order valence-corrected chi connectivity index (χ2v) is 5.88. The van der Waals surface area contributed by atoms with Crippen LogP contribution in [0.3, 0.4) is 0 Å². The normalized spacial score (nSPS) is 29.3. The van der Waals surface area contributed by atoms with Gasteiger partial charge in [0, 0.05) is 6.61 Å². The van der Waals surface area contributed by atoms with Crippen molar-refractivity contribution in [1.82, 2.24) is 0 Å². The maximum atomic E-state index is 9.97. The van der Waals surface area contributed by atoms with E-state index in [9.17, 15) is 10.2 Å². The first kappa shape index (κ1) is 19.6. The summed E-state index contributed by atoms with van der Waals surface area (Å²) in [5, 5.41) is 28.8. The maximum Gasteiger partial charge on any atom is 0.114 e. The molecule has 1 rings (SSSR count). The molecule has 0 saturated carbocycles. The molecule has 22 heavy (non-hydrogen) atoms. The number of rotatable bonds is 11. The van der Waals surface area contributed by atoms with Crippen molar-refractivity contribution in [3.63, 3.8) is 0 Å². The van der Waals surface area contributed by atoms with Gasteiger partial charge in [-0.2, -0.15) is 0 Å². The number of aliphatic hydroxyl groups is 3. The summed E-state index contributed by atoms with van der Waals surface area (Å²) in [5.74, 6) is 0. The fourth-order valence-corrected chi connectivity index (χ4v) is 2.62. The first-order valence-electron chi connectivity index (χ1n) is 8.55. The van der Waals surface area contributed by atoms with Gasteiger partial charge in [-0.1, -0.05) is 38.3 Å². The lowest BCUT2D eigenvalue weighted by Gasteiger charge is -2.37. The Hall–Kier alpha value is -0.460. The Morgan fingerprint density at radius 2 is 1.82 bits per heavy atom. The van der Waals surface area contributed by atoms with Crippen LogP contribution in [0.25, 0.3) is 0 Å². The van der Waals surface area contributed by atoms with E-state index in [-0.39, 0.29) is 13.2 Å². The van der Waals surface area contributed by atoms with Gasteiger partial charge in [0.2, 0.25) is 0 Å². The Labute approximate surface area is 133 Å². The number of aliphatic hydroxyl groups excluding tert-OH is 3. The van der Waals surface area contributed by atoms with Gasteiger partial charge in [0.25, 0.3) is 0 Å². The SMILES string of the molecule is CC/C=C/CCCCCCCO[C@H]1[C@H](O)[C@@H](CO)OC[C@@H]1O. The van der Waals surface area contributed by atoms with Crippen LogP contribution in [0.5, 0.6) is 0 Å². The molecule has 0 radical (unpaired) electrons. The first-order chi connectivity index (χ1) is 10.7. The van der Waals surface area contributed by atoms with Crippen LogP contribution < -0.4 is 0 Å². The van der Waals surface area contributed by atoms with E-state index in [2.05, 4.69) is 19.1 Å². The van der Waals surface area contributed by atoms with Gasteiger partial charge >= 0.3 is 0 Å². The number of hydrogen-bond donors (Lipinski definition) is 3. The summed E-state index contributed by atoms with van der Waals surface area (Å²) in [6.07, 6.45) is 9.24. The summed E-state index contributed by atoms with van der Waals surface area (Å²) < 4.78 is 10.7. The molecule has 0 aromatic heterocycles. The molecule has 1 fully saturated rings. The summed E-state index contributed by atoms with van der Waals surface area (Å²) in [7, 11) is 0. The molecule has 5 heteroatoms. The molecule has 4 atom stereocenters. The monoisotopic (exact) mass is 316 g/mol. The Balaban J connectivity index is 2.04. The van der Waals surface area contributed by atoms with Crippen molar-refractivity contribution in [2.75, 3.05) is 19.8 Å². The molecule has 1 aliphatic rings. The average Bonchev–Trinajstić information content (AvgIpc) is 2.52. The molecule has 1 heterocycles. The molecule has 5 nitrogen and oxygen atoms in total. The van der Waals surface area contributed by atoms with Crippen LogP contribution in [0.4, 0.5) is 0 Å². The number of unbranched alkanes of at least 4 members (excludes halogenated alkanes) is 5. The molecule has 0 bridgehead atoms. The van der Waals surface area contributed by atoms with Gasteiger partial charge in [-0.3, -0.25) is 0 Å². The zero-order valence-electron chi connectivity index (χ0n) is 13.7. The minimum Gasteiger partial charge on any atom is -0.394 e. The third-order valence-corrected chi connectivity index (χ3v) is 3.99. The fourth-order valence-electron chi connectivity index (χ4n) is 2.62. The van der Waals surface area contributed by atoms with Crippen molar-refractivity contribution in [1.29, 1.82) is 0 Å². The van der Waals surface area contributed by atoms with Crippen LogP contribution in [0.15, 0.2) is 12.2 Å². The Kier molecular flexibility index (Phi) is 10.7. The molecule has 130 valence electrons. The highest BCUT2D eigenvalue weighted by Gasteiger charge is 2.38. The van der Waals surface area contributed by atoms with Gasteiger partial charge in [-0.05, 0) is 25.7 Å². The highest BCUT2D eigenvalue weighted by atomic mass is 16.6. The van der Waals surface area contributed by atoms with Crippen molar-refractivity contribution in [2.45, 2.75) is 76.3 Å². The highest BCUT2D eigenvalue weighted by molar-refractivity contribution is 4.87. The Morgan fingerprint density at radius 1 is 1.09 bits per heavy atom. The van der Waals surface area contributed by atoms with E-state index in [0.717, 1.165) is 25.7 Å².